The van der Waals surface area contributed by atoms with E-state index in [1.54, 1.807) is 64.0 Å². The molecule has 0 saturated heterocycles. The molecule has 0 aliphatic carbocycles. The highest BCUT2D eigenvalue weighted by molar-refractivity contribution is 5.99. The first-order valence-corrected chi connectivity index (χ1v) is 13.2. The minimum atomic E-state index is -0.898. The Bertz CT molecular complexity index is 1070. The highest BCUT2D eigenvalue weighted by Crippen LogP contribution is 2.30. The fourth-order valence-electron chi connectivity index (χ4n) is 4.27. The molecule has 2 atom stereocenters. The number of carbonyl (C=O) groups is 3. The van der Waals surface area contributed by atoms with Crippen molar-refractivity contribution in [1.29, 1.82) is 0 Å². The number of rotatable bonds is 11. The maximum Gasteiger partial charge on any atom is 0.408 e. The first-order valence-electron chi connectivity index (χ1n) is 13.2. The molecule has 2 aromatic carbocycles. The van der Waals surface area contributed by atoms with E-state index in [2.05, 4.69) is 17.6 Å². The lowest BCUT2D eigenvalue weighted by Crippen LogP contribution is -2.51. The number of hydrogen-bond acceptors (Lipinski definition) is 5. The second-order valence-electron chi connectivity index (χ2n) is 10.5. The molecule has 0 aliphatic heterocycles. The first kappa shape index (κ1) is 30.7. The summed E-state index contributed by atoms with van der Waals surface area (Å²) >= 11 is 0. The molecule has 0 aliphatic rings. The molecule has 2 N–H and O–H groups in total. The van der Waals surface area contributed by atoms with Gasteiger partial charge in [0.2, 0.25) is 5.91 Å². The Kier molecular flexibility index (Phi) is 11.2. The van der Waals surface area contributed by atoms with Gasteiger partial charge in [0, 0.05) is 12.2 Å². The van der Waals surface area contributed by atoms with Crippen molar-refractivity contribution >= 4 is 23.6 Å². The number of carbonyl (C=O) groups excluding carboxylic acids is 3. The Morgan fingerprint density at radius 3 is 2.11 bits per heavy atom. The molecule has 0 spiro atoms. The van der Waals surface area contributed by atoms with E-state index in [9.17, 15) is 14.4 Å². The lowest BCUT2D eigenvalue weighted by atomic mass is 9.93. The summed E-state index contributed by atoms with van der Waals surface area (Å²) in [6.45, 7) is 13.2. The van der Waals surface area contributed by atoms with Crippen molar-refractivity contribution in [3.05, 3.63) is 59.2 Å². The summed E-state index contributed by atoms with van der Waals surface area (Å²) in [7, 11) is 1.58. The number of unbranched alkanes of at least 4 members (excludes halogenated alkanes) is 2. The van der Waals surface area contributed by atoms with E-state index in [1.165, 1.54) is 0 Å². The molecule has 0 aromatic heterocycles. The molecule has 2 aromatic rings. The summed E-state index contributed by atoms with van der Waals surface area (Å²) < 4.78 is 10.6. The quantitative estimate of drug-likeness (QED) is 0.355. The smallest absolute Gasteiger partial charge is 0.408 e. The second-order valence-corrected chi connectivity index (χ2v) is 10.5. The van der Waals surface area contributed by atoms with E-state index in [0.717, 1.165) is 36.0 Å². The molecule has 0 bridgehead atoms. The minimum absolute atomic E-state index is 0.332. The van der Waals surface area contributed by atoms with Crippen LogP contribution in [0.2, 0.25) is 0 Å². The summed E-state index contributed by atoms with van der Waals surface area (Å²) in [5.74, 6) is -0.0147. The van der Waals surface area contributed by atoms with Gasteiger partial charge in [-0.3, -0.25) is 9.59 Å². The van der Waals surface area contributed by atoms with E-state index >= 15 is 0 Å². The Labute approximate surface area is 227 Å². The summed E-state index contributed by atoms with van der Waals surface area (Å²) in [6.07, 6.45) is 1.90. The number of benzene rings is 2. The number of hydrogen-bond donors (Lipinski definition) is 2. The van der Waals surface area contributed by atoms with Crippen molar-refractivity contribution in [3.63, 3.8) is 0 Å². The molecule has 3 amide bonds. The molecule has 2 rings (SSSR count). The first-order chi connectivity index (χ1) is 17.9. The summed E-state index contributed by atoms with van der Waals surface area (Å²) in [4.78, 5) is 41.8. The SMILES string of the molecule is CCCCCN(C(=O)C(C)NC(=O)OC(C)(C)C)C(C(=O)Nc1ccc(OC)cc1)c1c(C)cccc1C. The van der Waals surface area contributed by atoms with Gasteiger partial charge in [-0.25, -0.2) is 4.79 Å². The van der Waals surface area contributed by atoms with Gasteiger partial charge in [0.15, 0.2) is 0 Å². The number of methoxy groups -OCH3 is 1. The van der Waals surface area contributed by atoms with Crippen molar-refractivity contribution in [3.8, 4) is 5.75 Å². The third-order valence-electron chi connectivity index (χ3n) is 6.12. The van der Waals surface area contributed by atoms with Crippen LogP contribution in [0.25, 0.3) is 0 Å². The lowest BCUT2D eigenvalue weighted by molar-refractivity contribution is -0.140. The van der Waals surface area contributed by atoms with Crippen LogP contribution < -0.4 is 15.4 Å². The Morgan fingerprint density at radius 1 is 0.974 bits per heavy atom. The van der Waals surface area contributed by atoms with E-state index in [0.29, 0.717) is 18.0 Å². The predicted octanol–water partition coefficient (Wildman–Crippen LogP) is 5.92. The fraction of sp³-hybridized carbons (Fsp3) is 0.500. The van der Waals surface area contributed by atoms with Crippen LogP contribution in [0.4, 0.5) is 10.5 Å². The van der Waals surface area contributed by atoms with Crippen LogP contribution in [-0.2, 0) is 14.3 Å². The Morgan fingerprint density at radius 2 is 1.58 bits per heavy atom. The maximum atomic E-state index is 13.9. The van der Waals surface area contributed by atoms with Gasteiger partial charge in [-0.2, -0.15) is 0 Å². The van der Waals surface area contributed by atoms with Gasteiger partial charge in [-0.05, 0) is 88.9 Å². The second kappa shape index (κ2) is 13.8. The number of amides is 3. The minimum Gasteiger partial charge on any atom is -0.497 e. The largest absolute Gasteiger partial charge is 0.497 e. The Hall–Kier alpha value is -3.55. The summed E-state index contributed by atoms with van der Waals surface area (Å²) in [5.41, 5.74) is 2.47. The van der Waals surface area contributed by atoms with Crippen LogP contribution in [0.3, 0.4) is 0 Å². The van der Waals surface area contributed by atoms with Gasteiger partial charge in [-0.15, -0.1) is 0 Å². The topological polar surface area (TPSA) is 97.0 Å². The monoisotopic (exact) mass is 525 g/mol. The van der Waals surface area contributed by atoms with Crippen LogP contribution in [0.5, 0.6) is 5.75 Å². The van der Waals surface area contributed by atoms with Crippen LogP contribution in [0.1, 0.15) is 76.6 Å². The van der Waals surface area contributed by atoms with Gasteiger partial charge in [0.1, 0.15) is 23.4 Å². The van der Waals surface area contributed by atoms with Gasteiger partial charge >= 0.3 is 6.09 Å². The van der Waals surface area contributed by atoms with Crippen LogP contribution >= 0.6 is 0 Å². The van der Waals surface area contributed by atoms with Gasteiger partial charge in [-0.1, -0.05) is 38.0 Å². The molecule has 0 radical (unpaired) electrons. The molecule has 8 heteroatoms. The average molecular weight is 526 g/mol. The Balaban J connectivity index is 2.49. The standard InChI is InChI=1S/C30H43N3O5/c1-9-10-11-19-33(28(35)22(4)31-29(36)38-30(5,6)7)26(25-20(2)13-12-14-21(25)3)27(34)32-23-15-17-24(37-8)18-16-23/h12-18,22,26H,9-11,19H2,1-8H3,(H,31,36)(H,32,34). The molecular formula is C30H43N3O5. The number of anilines is 1. The van der Waals surface area contributed by atoms with E-state index in [4.69, 9.17) is 9.47 Å². The van der Waals surface area contributed by atoms with Crippen molar-refractivity contribution < 1.29 is 23.9 Å². The van der Waals surface area contributed by atoms with Crippen LogP contribution in [0, 0.1) is 13.8 Å². The van der Waals surface area contributed by atoms with Crippen molar-refractivity contribution in [2.45, 2.75) is 85.4 Å². The summed E-state index contributed by atoms with van der Waals surface area (Å²) in [5, 5.41) is 5.63. The average Bonchev–Trinajstić information content (AvgIpc) is 2.83. The summed E-state index contributed by atoms with van der Waals surface area (Å²) in [6, 6.07) is 11.1. The molecular weight excluding hydrogens is 482 g/mol. The van der Waals surface area contributed by atoms with Gasteiger partial charge in [0.25, 0.3) is 5.91 Å². The zero-order valence-corrected chi connectivity index (χ0v) is 24.0. The van der Waals surface area contributed by atoms with Gasteiger partial charge in [0.05, 0.1) is 7.11 Å². The molecule has 0 fully saturated rings. The highest BCUT2D eigenvalue weighted by Gasteiger charge is 2.36. The zero-order valence-electron chi connectivity index (χ0n) is 24.0. The third kappa shape index (κ3) is 8.78. The molecule has 38 heavy (non-hydrogen) atoms. The number of alkyl carbamates (subject to hydrolysis) is 1. The molecule has 0 heterocycles. The number of nitrogens with zero attached hydrogens (tertiary/aromatic N) is 1. The molecule has 0 saturated carbocycles. The van der Waals surface area contributed by atoms with Crippen molar-refractivity contribution in [2.24, 2.45) is 0 Å². The number of aryl methyl sites for hydroxylation is 2. The molecule has 2 unspecified atom stereocenters. The molecule has 208 valence electrons. The lowest BCUT2D eigenvalue weighted by Gasteiger charge is -2.35. The normalized spacial score (nSPS) is 12.7. The predicted molar refractivity (Wildman–Crippen MR) is 150 cm³/mol. The molecule has 8 nitrogen and oxygen atoms in total. The number of ether oxygens (including phenoxy) is 2. The fourth-order valence-corrected chi connectivity index (χ4v) is 4.27. The van der Waals surface area contributed by atoms with Crippen LogP contribution in [-0.4, -0.2) is 48.1 Å². The zero-order chi connectivity index (χ0) is 28.5. The van der Waals surface area contributed by atoms with Crippen molar-refractivity contribution in [1.82, 2.24) is 10.2 Å². The van der Waals surface area contributed by atoms with E-state index in [-0.39, 0.29) is 11.8 Å². The van der Waals surface area contributed by atoms with E-state index < -0.39 is 23.8 Å². The van der Waals surface area contributed by atoms with Gasteiger partial charge < -0.3 is 25.0 Å². The number of nitrogens with one attached hydrogen (secondary N) is 2. The van der Waals surface area contributed by atoms with E-state index in [1.807, 2.05) is 32.0 Å². The third-order valence-corrected chi connectivity index (χ3v) is 6.12. The van der Waals surface area contributed by atoms with Crippen molar-refractivity contribution in [2.75, 3.05) is 19.0 Å². The highest BCUT2D eigenvalue weighted by atomic mass is 16.6. The van der Waals surface area contributed by atoms with Crippen LogP contribution in [0.15, 0.2) is 42.5 Å². The maximum absolute atomic E-state index is 13.9.